The van der Waals surface area contributed by atoms with Gasteiger partial charge in [0.15, 0.2) is 0 Å². The Bertz CT molecular complexity index is 200. The molecule has 0 radical (unpaired) electrons. The molecule has 94 valence electrons. The van der Waals surface area contributed by atoms with E-state index in [1.807, 2.05) is 0 Å². The van der Waals surface area contributed by atoms with Gasteiger partial charge in [0, 0.05) is 25.2 Å². The zero-order valence-electron chi connectivity index (χ0n) is 10.7. The van der Waals surface area contributed by atoms with E-state index in [1.165, 1.54) is 32.4 Å². The lowest BCUT2D eigenvalue weighted by Gasteiger charge is -2.32. The zero-order chi connectivity index (χ0) is 11.4. The van der Waals surface area contributed by atoms with Crippen LogP contribution in [0, 0.1) is 5.92 Å². The Morgan fingerprint density at radius 3 is 2.81 bits per heavy atom. The van der Waals surface area contributed by atoms with Gasteiger partial charge in [0.05, 0.1) is 13.2 Å². The number of hydrogen-bond acceptors (Lipinski definition) is 3. The molecule has 0 spiro atoms. The van der Waals surface area contributed by atoms with Crippen molar-refractivity contribution < 1.29 is 4.74 Å². The number of hydrogen-bond donors (Lipinski definition) is 1. The lowest BCUT2D eigenvalue weighted by atomic mass is 10.1. The van der Waals surface area contributed by atoms with E-state index >= 15 is 0 Å². The molecule has 3 heteroatoms. The molecule has 1 saturated carbocycles. The molecule has 2 aliphatic rings. The summed E-state index contributed by atoms with van der Waals surface area (Å²) >= 11 is 0. The van der Waals surface area contributed by atoms with Gasteiger partial charge >= 0.3 is 0 Å². The van der Waals surface area contributed by atoms with Crippen LogP contribution < -0.4 is 5.32 Å². The van der Waals surface area contributed by atoms with Gasteiger partial charge in [-0.25, -0.2) is 0 Å². The molecule has 1 aliphatic carbocycles. The van der Waals surface area contributed by atoms with Gasteiger partial charge in [0.1, 0.15) is 0 Å². The third-order valence-electron chi connectivity index (χ3n) is 3.84. The van der Waals surface area contributed by atoms with Crippen molar-refractivity contribution in [3.05, 3.63) is 0 Å². The summed E-state index contributed by atoms with van der Waals surface area (Å²) in [6, 6.07) is 1.25. The van der Waals surface area contributed by atoms with Crippen LogP contribution in [0.25, 0.3) is 0 Å². The first kappa shape index (κ1) is 12.3. The van der Waals surface area contributed by atoms with Crippen LogP contribution in [-0.4, -0.2) is 49.8 Å². The summed E-state index contributed by atoms with van der Waals surface area (Å²) < 4.78 is 5.51. The lowest BCUT2D eigenvalue weighted by Crippen LogP contribution is -2.46. The Balaban J connectivity index is 1.72. The Kier molecular flexibility index (Phi) is 4.62. The maximum Gasteiger partial charge on any atom is 0.0620 e. The van der Waals surface area contributed by atoms with Crippen LogP contribution >= 0.6 is 0 Å². The molecule has 0 aromatic carbocycles. The van der Waals surface area contributed by atoms with Gasteiger partial charge in [-0.3, -0.25) is 0 Å². The van der Waals surface area contributed by atoms with E-state index in [0.29, 0.717) is 12.1 Å². The highest BCUT2D eigenvalue weighted by atomic mass is 16.5. The van der Waals surface area contributed by atoms with Crippen LogP contribution in [-0.2, 0) is 4.74 Å². The minimum absolute atomic E-state index is 0.567. The summed E-state index contributed by atoms with van der Waals surface area (Å²) in [4.78, 5) is 2.63. The van der Waals surface area contributed by atoms with Crippen molar-refractivity contribution in [1.29, 1.82) is 0 Å². The largest absolute Gasteiger partial charge is 0.379 e. The molecule has 1 saturated heterocycles. The maximum absolute atomic E-state index is 5.51. The molecule has 3 nitrogen and oxygen atoms in total. The highest BCUT2D eigenvalue weighted by molar-refractivity contribution is 4.82. The van der Waals surface area contributed by atoms with Gasteiger partial charge in [-0.15, -0.1) is 0 Å². The maximum atomic E-state index is 5.51. The molecule has 0 amide bonds. The van der Waals surface area contributed by atoms with Gasteiger partial charge in [0.2, 0.25) is 0 Å². The third kappa shape index (κ3) is 3.72. The van der Waals surface area contributed by atoms with E-state index in [9.17, 15) is 0 Å². The van der Waals surface area contributed by atoms with Crippen molar-refractivity contribution in [2.75, 3.05) is 32.8 Å². The fraction of sp³-hybridized carbons (Fsp3) is 1.00. The van der Waals surface area contributed by atoms with Crippen LogP contribution in [0.1, 0.15) is 33.1 Å². The molecule has 2 rings (SSSR count). The summed E-state index contributed by atoms with van der Waals surface area (Å²) in [5.74, 6) is 0.998. The van der Waals surface area contributed by atoms with Crippen molar-refractivity contribution >= 4 is 0 Å². The Labute approximate surface area is 99.5 Å². The summed E-state index contributed by atoms with van der Waals surface area (Å²) in [7, 11) is 0. The van der Waals surface area contributed by atoms with E-state index in [4.69, 9.17) is 4.74 Å². The van der Waals surface area contributed by atoms with Gasteiger partial charge in [-0.2, -0.15) is 0 Å². The number of morpholine rings is 1. The quantitative estimate of drug-likeness (QED) is 0.742. The SMILES string of the molecule is CCN(CC1CC1)C(C)CC1COCCN1. The molecule has 0 aromatic rings. The minimum Gasteiger partial charge on any atom is -0.379 e. The molecule has 0 aromatic heterocycles. The second-order valence-electron chi connectivity index (χ2n) is 5.34. The normalized spacial score (nSPS) is 28.3. The standard InChI is InChI=1S/C13H26N2O/c1-3-15(9-12-4-5-12)11(2)8-13-10-16-7-6-14-13/h11-14H,3-10H2,1-2H3. The number of nitrogens with zero attached hydrogens (tertiary/aromatic N) is 1. The summed E-state index contributed by atoms with van der Waals surface area (Å²) in [5, 5.41) is 3.55. The van der Waals surface area contributed by atoms with Crippen LogP contribution in [0.5, 0.6) is 0 Å². The zero-order valence-corrected chi connectivity index (χ0v) is 10.7. The van der Waals surface area contributed by atoms with E-state index < -0.39 is 0 Å². The predicted octanol–water partition coefficient (Wildman–Crippen LogP) is 1.49. The van der Waals surface area contributed by atoms with Crippen LogP contribution in [0.2, 0.25) is 0 Å². The minimum atomic E-state index is 0.567. The van der Waals surface area contributed by atoms with Crippen LogP contribution in [0.15, 0.2) is 0 Å². The smallest absolute Gasteiger partial charge is 0.0620 e. The van der Waals surface area contributed by atoms with Crippen molar-refractivity contribution in [2.24, 2.45) is 5.92 Å². The molecule has 16 heavy (non-hydrogen) atoms. The van der Waals surface area contributed by atoms with Gasteiger partial charge < -0.3 is 15.0 Å². The molecule has 1 N–H and O–H groups in total. The first-order valence-corrected chi connectivity index (χ1v) is 6.84. The molecule has 1 aliphatic heterocycles. The van der Waals surface area contributed by atoms with Gasteiger partial charge in [0.25, 0.3) is 0 Å². The first-order valence-electron chi connectivity index (χ1n) is 6.84. The summed E-state index contributed by atoms with van der Waals surface area (Å²) in [6.07, 6.45) is 4.13. The molecule has 2 atom stereocenters. The Hall–Kier alpha value is -0.120. The lowest BCUT2D eigenvalue weighted by molar-refractivity contribution is 0.0619. The molecule has 2 fully saturated rings. The van der Waals surface area contributed by atoms with E-state index in [1.54, 1.807) is 0 Å². The topological polar surface area (TPSA) is 24.5 Å². The highest BCUT2D eigenvalue weighted by Gasteiger charge is 2.27. The van der Waals surface area contributed by atoms with E-state index in [2.05, 4.69) is 24.1 Å². The van der Waals surface area contributed by atoms with E-state index in [-0.39, 0.29) is 0 Å². The fourth-order valence-corrected chi connectivity index (χ4v) is 2.58. The second-order valence-corrected chi connectivity index (χ2v) is 5.34. The average Bonchev–Trinajstić information content (AvgIpc) is 3.11. The van der Waals surface area contributed by atoms with E-state index in [0.717, 1.165) is 25.7 Å². The number of ether oxygens (including phenoxy) is 1. The van der Waals surface area contributed by atoms with Crippen molar-refractivity contribution in [2.45, 2.75) is 45.2 Å². The van der Waals surface area contributed by atoms with Gasteiger partial charge in [-0.1, -0.05) is 6.92 Å². The van der Waals surface area contributed by atoms with Crippen molar-refractivity contribution in [3.8, 4) is 0 Å². The molecule has 2 unspecified atom stereocenters. The van der Waals surface area contributed by atoms with Crippen LogP contribution in [0.4, 0.5) is 0 Å². The van der Waals surface area contributed by atoms with Gasteiger partial charge in [-0.05, 0) is 38.6 Å². The monoisotopic (exact) mass is 226 g/mol. The number of rotatable bonds is 6. The fourth-order valence-electron chi connectivity index (χ4n) is 2.58. The summed E-state index contributed by atoms with van der Waals surface area (Å²) in [6.45, 7) is 9.93. The van der Waals surface area contributed by atoms with Crippen molar-refractivity contribution in [1.82, 2.24) is 10.2 Å². The third-order valence-corrected chi connectivity index (χ3v) is 3.84. The molecule has 1 heterocycles. The number of nitrogens with one attached hydrogen (secondary N) is 1. The van der Waals surface area contributed by atoms with Crippen molar-refractivity contribution in [3.63, 3.8) is 0 Å². The first-order chi connectivity index (χ1) is 7.79. The summed E-state index contributed by atoms with van der Waals surface area (Å²) in [5.41, 5.74) is 0. The average molecular weight is 226 g/mol. The molecular formula is C13H26N2O. The Morgan fingerprint density at radius 2 is 2.25 bits per heavy atom. The Morgan fingerprint density at radius 1 is 1.44 bits per heavy atom. The molecular weight excluding hydrogens is 200 g/mol. The molecule has 0 bridgehead atoms. The van der Waals surface area contributed by atoms with Crippen LogP contribution in [0.3, 0.4) is 0 Å². The second kappa shape index (κ2) is 5.99. The highest BCUT2D eigenvalue weighted by Crippen LogP contribution is 2.30. The predicted molar refractivity (Wildman–Crippen MR) is 66.7 cm³/mol.